The molecule has 162 valence electrons. The van der Waals surface area contributed by atoms with Gasteiger partial charge in [-0.25, -0.2) is 9.78 Å². The number of amides is 1. The Bertz CT molecular complexity index is 1060. The van der Waals surface area contributed by atoms with Crippen LogP contribution in [0.25, 0.3) is 11.3 Å². The Morgan fingerprint density at radius 1 is 1.29 bits per heavy atom. The van der Waals surface area contributed by atoms with E-state index in [2.05, 4.69) is 35.9 Å². The lowest BCUT2D eigenvalue weighted by Gasteiger charge is -2.18. The Morgan fingerprint density at radius 2 is 2.13 bits per heavy atom. The fourth-order valence-electron chi connectivity index (χ4n) is 3.36. The van der Waals surface area contributed by atoms with Crippen molar-refractivity contribution >= 4 is 29.6 Å². The van der Waals surface area contributed by atoms with Crippen LogP contribution in [0.5, 0.6) is 5.75 Å². The fourth-order valence-corrected chi connectivity index (χ4v) is 3.36. The summed E-state index contributed by atoms with van der Waals surface area (Å²) in [7, 11) is 3.30. The van der Waals surface area contributed by atoms with Gasteiger partial charge in [-0.15, -0.1) is 0 Å². The van der Waals surface area contributed by atoms with E-state index in [1.165, 1.54) is 6.39 Å². The van der Waals surface area contributed by atoms with Gasteiger partial charge in [0.05, 0.1) is 24.9 Å². The smallest absolute Gasteiger partial charge is 0.404 e. The van der Waals surface area contributed by atoms with Crippen LogP contribution in [0.15, 0.2) is 35.2 Å². The highest BCUT2D eigenvalue weighted by atomic mass is 16.5. The number of aromatic nitrogens is 4. The van der Waals surface area contributed by atoms with Gasteiger partial charge in [0, 0.05) is 31.9 Å². The topological polar surface area (TPSA) is 151 Å². The molecule has 0 bridgehead atoms. The third-order valence-corrected chi connectivity index (χ3v) is 4.80. The van der Waals surface area contributed by atoms with Crippen LogP contribution in [0.3, 0.4) is 0 Å². The quantitative estimate of drug-likeness (QED) is 0.440. The molecule has 0 aliphatic carbocycles. The van der Waals surface area contributed by atoms with Gasteiger partial charge in [-0.2, -0.15) is 15.0 Å². The second-order valence-electron chi connectivity index (χ2n) is 6.82. The van der Waals surface area contributed by atoms with Crippen LogP contribution in [0.2, 0.25) is 0 Å². The maximum absolute atomic E-state index is 10.9. The second kappa shape index (κ2) is 8.73. The van der Waals surface area contributed by atoms with E-state index in [9.17, 15) is 4.79 Å². The minimum Gasteiger partial charge on any atom is -0.496 e. The molecule has 0 radical (unpaired) electrons. The number of oxazole rings is 1. The lowest BCUT2D eigenvalue weighted by molar-refractivity contribution is 0.191. The highest BCUT2D eigenvalue weighted by Crippen LogP contribution is 2.33. The molecule has 1 aliphatic heterocycles. The van der Waals surface area contributed by atoms with Gasteiger partial charge in [0.2, 0.25) is 17.8 Å². The van der Waals surface area contributed by atoms with Crippen molar-refractivity contribution in [3.8, 4) is 17.1 Å². The molecule has 1 aliphatic rings. The first-order valence-corrected chi connectivity index (χ1v) is 9.58. The molecular formula is C19H22N8O4. The minimum absolute atomic E-state index is 0.170. The number of hydrogen-bond donors (Lipinski definition) is 4. The van der Waals surface area contributed by atoms with E-state index in [-0.39, 0.29) is 6.04 Å². The van der Waals surface area contributed by atoms with Gasteiger partial charge in [0.25, 0.3) is 0 Å². The van der Waals surface area contributed by atoms with Crippen molar-refractivity contribution in [2.24, 2.45) is 0 Å². The summed E-state index contributed by atoms with van der Waals surface area (Å²) in [5, 5.41) is 17.5. The molecule has 1 fully saturated rings. The van der Waals surface area contributed by atoms with Crippen molar-refractivity contribution in [1.82, 2.24) is 25.3 Å². The first kappa shape index (κ1) is 20.2. The summed E-state index contributed by atoms with van der Waals surface area (Å²) in [5.41, 5.74) is 1.48. The Labute approximate surface area is 177 Å². The summed E-state index contributed by atoms with van der Waals surface area (Å²) >= 11 is 0. The van der Waals surface area contributed by atoms with E-state index in [1.54, 1.807) is 20.4 Å². The van der Waals surface area contributed by atoms with Crippen LogP contribution in [0.1, 0.15) is 6.42 Å². The number of ether oxygens (including phenoxy) is 1. The summed E-state index contributed by atoms with van der Waals surface area (Å²) in [6.07, 6.45) is 2.62. The SMILES string of the molecule is CNc1nc(Nc2ccc(-c3cnco3)c(OC)c2)nc(N2CCC(NC(=O)O)C2)n1. The zero-order valence-corrected chi connectivity index (χ0v) is 17.0. The van der Waals surface area contributed by atoms with Crippen LogP contribution >= 0.6 is 0 Å². The Morgan fingerprint density at radius 3 is 2.84 bits per heavy atom. The molecule has 4 N–H and O–H groups in total. The maximum atomic E-state index is 10.9. The number of methoxy groups -OCH3 is 1. The van der Waals surface area contributed by atoms with Crippen LogP contribution in [-0.2, 0) is 0 Å². The van der Waals surface area contributed by atoms with Gasteiger partial charge < -0.3 is 35.1 Å². The number of nitrogens with zero attached hydrogens (tertiary/aromatic N) is 5. The third kappa shape index (κ3) is 4.57. The first-order valence-electron chi connectivity index (χ1n) is 9.58. The van der Waals surface area contributed by atoms with Crippen LogP contribution in [-0.4, -0.2) is 64.4 Å². The van der Waals surface area contributed by atoms with Crippen LogP contribution in [0.4, 0.5) is 28.3 Å². The number of hydrogen-bond acceptors (Lipinski definition) is 10. The van der Waals surface area contributed by atoms with E-state index in [1.807, 2.05) is 23.1 Å². The van der Waals surface area contributed by atoms with Crippen molar-refractivity contribution in [2.75, 3.05) is 42.8 Å². The molecule has 1 amide bonds. The van der Waals surface area contributed by atoms with E-state index in [4.69, 9.17) is 14.3 Å². The van der Waals surface area contributed by atoms with Gasteiger partial charge in [-0.3, -0.25) is 0 Å². The van der Waals surface area contributed by atoms with Gasteiger partial charge in [-0.1, -0.05) is 0 Å². The van der Waals surface area contributed by atoms with Crippen molar-refractivity contribution in [3.63, 3.8) is 0 Å². The molecule has 3 aromatic rings. The molecule has 12 nitrogen and oxygen atoms in total. The van der Waals surface area contributed by atoms with Gasteiger partial charge in [0.1, 0.15) is 5.75 Å². The van der Waals surface area contributed by atoms with E-state index in [0.29, 0.717) is 54.6 Å². The normalized spacial score (nSPS) is 15.5. The van der Waals surface area contributed by atoms with Gasteiger partial charge in [0.15, 0.2) is 12.2 Å². The average molecular weight is 426 g/mol. The lowest BCUT2D eigenvalue weighted by atomic mass is 10.1. The predicted molar refractivity (Wildman–Crippen MR) is 113 cm³/mol. The van der Waals surface area contributed by atoms with E-state index in [0.717, 1.165) is 5.56 Å². The summed E-state index contributed by atoms with van der Waals surface area (Å²) in [6.45, 7) is 1.12. The average Bonchev–Trinajstić information content (AvgIpc) is 3.45. The Hall–Kier alpha value is -4.09. The van der Waals surface area contributed by atoms with Crippen LogP contribution < -0.4 is 25.6 Å². The van der Waals surface area contributed by atoms with E-state index >= 15 is 0 Å². The second-order valence-corrected chi connectivity index (χ2v) is 6.82. The Kier molecular flexibility index (Phi) is 5.69. The Balaban J connectivity index is 1.56. The highest BCUT2D eigenvalue weighted by molar-refractivity contribution is 5.71. The summed E-state index contributed by atoms with van der Waals surface area (Å²) in [4.78, 5) is 30.0. The first-order chi connectivity index (χ1) is 15.1. The van der Waals surface area contributed by atoms with Crippen molar-refractivity contribution in [3.05, 3.63) is 30.8 Å². The van der Waals surface area contributed by atoms with E-state index < -0.39 is 6.09 Å². The minimum atomic E-state index is -1.04. The molecule has 3 heterocycles. The zero-order valence-electron chi connectivity index (χ0n) is 17.0. The molecule has 1 aromatic carbocycles. The third-order valence-electron chi connectivity index (χ3n) is 4.80. The van der Waals surface area contributed by atoms with Crippen LogP contribution in [0, 0.1) is 0 Å². The molecule has 0 spiro atoms. The number of anilines is 4. The lowest BCUT2D eigenvalue weighted by Crippen LogP contribution is -2.36. The summed E-state index contributed by atoms with van der Waals surface area (Å²) in [5.74, 6) is 2.40. The van der Waals surface area contributed by atoms with Crippen molar-refractivity contribution < 1.29 is 19.1 Å². The maximum Gasteiger partial charge on any atom is 0.404 e. The number of carboxylic acid groups (broad SMARTS) is 1. The molecule has 1 atom stereocenters. The molecule has 31 heavy (non-hydrogen) atoms. The largest absolute Gasteiger partial charge is 0.496 e. The van der Waals surface area contributed by atoms with Gasteiger partial charge >= 0.3 is 6.09 Å². The number of rotatable bonds is 7. The standard InChI is InChI=1S/C19H22N8O4/c1-20-16-24-17(26-18(25-16)27-6-5-12(9-27)23-19(28)29)22-11-3-4-13(14(7-11)30-2)15-8-21-10-31-15/h3-4,7-8,10,12,23H,5-6,9H2,1-2H3,(H,28,29)(H2,20,22,24,25,26). The van der Waals surface area contributed by atoms with Crippen molar-refractivity contribution in [1.29, 1.82) is 0 Å². The monoisotopic (exact) mass is 426 g/mol. The number of nitrogens with one attached hydrogen (secondary N) is 3. The molecule has 12 heteroatoms. The number of benzene rings is 1. The fraction of sp³-hybridized carbons (Fsp3) is 0.316. The molecular weight excluding hydrogens is 404 g/mol. The summed E-state index contributed by atoms with van der Waals surface area (Å²) < 4.78 is 10.8. The molecule has 2 aromatic heterocycles. The number of carbonyl (C=O) groups is 1. The predicted octanol–water partition coefficient (Wildman–Crippen LogP) is 2.17. The zero-order chi connectivity index (χ0) is 21.8. The molecule has 1 unspecified atom stereocenters. The summed E-state index contributed by atoms with van der Waals surface area (Å²) in [6, 6.07) is 5.34. The molecule has 1 saturated heterocycles. The molecule has 0 saturated carbocycles. The van der Waals surface area contributed by atoms with Gasteiger partial charge in [-0.05, 0) is 18.6 Å². The highest BCUT2D eigenvalue weighted by Gasteiger charge is 2.26. The molecule has 4 rings (SSSR count). The van der Waals surface area contributed by atoms with Crippen molar-refractivity contribution in [2.45, 2.75) is 12.5 Å².